The van der Waals surface area contributed by atoms with Crippen LogP contribution in [0, 0.1) is 0 Å². The number of rotatable bonds is 8. The highest BCUT2D eigenvalue weighted by molar-refractivity contribution is 7.99. The Morgan fingerprint density at radius 2 is 1.70 bits per heavy atom. The Bertz CT molecular complexity index is 799. The first-order valence-electron chi connectivity index (χ1n) is 8.74. The molecule has 2 N–H and O–H groups in total. The molecule has 27 heavy (non-hydrogen) atoms. The summed E-state index contributed by atoms with van der Waals surface area (Å²) in [6.45, 7) is 0.707. The Morgan fingerprint density at radius 1 is 1.04 bits per heavy atom. The van der Waals surface area contributed by atoms with Crippen molar-refractivity contribution < 1.29 is 14.4 Å². The minimum Gasteiger partial charge on any atom is -0.355 e. The molecule has 0 spiro atoms. The molecule has 2 aromatic rings. The molecule has 2 aromatic carbocycles. The summed E-state index contributed by atoms with van der Waals surface area (Å²) in [4.78, 5) is 38.9. The minimum atomic E-state index is -0.803. The molecule has 3 rings (SSSR count). The van der Waals surface area contributed by atoms with Gasteiger partial charge in [-0.05, 0) is 17.7 Å². The zero-order valence-electron chi connectivity index (χ0n) is 14.8. The van der Waals surface area contributed by atoms with E-state index < -0.39 is 12.1 Å². The van der Waals surface area contributed by atoms with E-state index in [1.54, 1.807) is 11.8 Å². The van der Waals surface area contributed by atoms with Gasteiger partial charge in [-0.1, -0.05) is 48.5 Å². The van der Waals surface area contributed by atoms with Crippen LogP contribution in [0.3, 0.4) is 0 Å². The van der Waals surface area contributed by atoms with Gasteiger partial charge in [-0.15, -0.1) is 11.8 Å². The van der Waals surface area contributed by atoms with Crippen LogP contribution in [0.4, 0.5) is 4.79 Å². The van der Waals surface area contributed by atoms with Crippen LogP contribution in [0.15, 0.2) is 65.6 Å². The lowest BCUT2D eigenvalue weighted by Crippen LogP contribution is -2.37. The summed E-state index contributed by atoms with van der Waals surface area (Å²) in [5.74, 6) is 0.127. The van der Waals surface area contributed by atoms with E-state index in [-0.39, 0.29) is 24.8 Å². The molecule has 7 heteroatoms. The lowest BCUT2D eigenvalue weighted by molar-refractivity contribution is -0.131. The second kappa shape index (κ2) is 9.23. The smallest absolute Gasteiger partial charge is 0.325 e. The molecule has 0 aromatic heterocycles. The minimum absolute atomic E-state index is 0.0497. The molecule has 6 nitrogen and oxygen atoms in total. The van der Waals surface area contributed by atoms with Gasteiger partial charge in [-0.25, -0.2) is 4.79 Å². The van der Waals surface area contributed by atoms with Gasteiger partial charge in [0.1, 0.15) is 6.04 Å². The number of urea groups is 1. The zero-order valence-corrected chi connectivity index (χ0v) is 15.6. The Morgan fingerprint density at radius 3 is 2.41 bits per heavy atom. The van der Waals surface area contributed by atoms with Crippen LogP contribution in [0.5, 0.6) is 0 Å². The lowest BCUT2D eigenvalue weighted by Gasteiger charge is -2.13. The number of hydrogen-bond donors (Lipinski definition) is 2. The molecule has 1 aliphatic heterocycles. The van der Waals surface area contributed by atoms with Crippen molar-refractivity contribution in [3.8, 4) is 0 Å². The molecule has 140 valence electrons. The van der Waals surface area contributed by atoms with E-state index in [9.17, 15) is 14.4 Å². The van der Waals surface area contributed by atoms with Crippen LogP contribution in [-0.2, 0) is 16.1 Å². The van der Waals surface area contributed by atoms with Gasteiger partial charge in [0.2, 0.25) is 5.91 Å². The molecular weight excluding hydrogens is 362 g/mol. The Labute approximate surface area is 162 Å². The maximum Gasteiger partial charge on any atom is 0.325 e. The fourth-order valence-corrected chi connectivity index (χ4v) is 3.55. The zero-order chi connectivity index (χ0) is 19.1. The van der Waals surface area contributed by atoms with E-state index in [0.717, 1.165) is 21.1 Å². The van der Waals surface area contributed by atoms with Crippen molar-refractivity contribution in [2.45, 2.75) is 23.9 Å². The van der Waals surface area contributed by atoms with Crippen molar-refractivity contribution in [1.82, 2.24) is 15.5 Å². The number of nitrogens with one attached hydrogen (secondary N) is 2. The first kappa shape index (κ1) is 19.0. The number of carbonyl (C=O) groups is 3. The Hall–Kier alpha value is -2.80. The molecule has 0 bridgehead atoms. The fourth-order valence-electron chi connectivity index (χ4n) is 2.76. The molecular formula is C20H21N3O3S. The molecule has 0 aliphatic carbocycles. The summed E-state index contributed by atoms with van der Waals surface area (Å²) in [6, 6.07) is 17.9. The Kier molecular flexibility index (Phi) is 6.49. The summed E-state index contributed by atoms with van der Waals surface area (Å²) in [5.41, 5.74) is 0.865. The first-order valence-corrected chi connectivity index (χ1v) is 9.72. The maximum absolute atomic E-state index is 12.4. The van der Waals surface area contributed by atoms with Crippen molar-refractivity contribution in [2.75, 3.05) is 12.3 Å². The predicted octanol–water partition coefficient (Wildman–Crippen LogP) is 2.41. The molecule has 0 radical (unpaired) electrons. The number of thioether (sulfide) groups is 1. The van der Waals surface area contributed by atoms with Gasteiger partial charge in [-0.2, -0.15) is 0 Å². The number of amides is 4. The van der Waals surface area contributed by atoms with Gasteiger partial charge in [-0.3, -0.25) is 14.5 Å². The van der Waals surface area contributed by atoms with Crippen molar-refractivity contribution in [3.63, 3.8) is 0 Å². The van der Waals surface area contributed by atoms with Crippen LogP contribution < -0.4 is 10.6 Å². The van der Waals surface area contributed by atoms with Crippen molar-refractivity contribution in [2.24, 2.45) is 0 Å². The standard InChI is InChI=1S/C20H21N3O3S/c24-18(21-11-12-27-16-9-5-2-6-10-16)13-17-19(25)23(20(26)22-17)14-15-7-3-1-4-8-15/h1-10,17H,11-14H2,(H,21,24)(H,22,26)/t17-/m1/s1. The lowest BCUT2D eigenvalue weighted by atomic mass is 10.2. The molecule has 0 saturated carbocycles. The predicted molar refractivity (Wildman–Crippen MR) is 104 cm³/mol. The van der Waals surface area contributed by atoms with Crippen LogP contribution in [0.25, 0.3) is 0 Å². The highest BCUT2D eigenvalue weighted by Gasteiger charge is 2.38. The van der Waals surface area contributed by atoms with Gasteiger partial charge in [0.25, 0.3) is 5.91 Å². The molecule has 1 fully saturated rings. The van der Waals surface area contributed by atoms with Crippen molar-refractivity contribution >= 4 is 29.6 Å². The average molecular weight is 383 g/mol. The third kappa shape index (κ3) is 5.34. The van der Waals surface area contributed by atoms with E-state index >= 15 is 0 Å². The van der Waals surface area contributed by atoms with Gasteiger partial charge >= 0.3 is 6.03 Å². The fraction of sp³-hybridized carbons (Fsp3) is 0.250. The average Bonchev–Trinajstić information content (AvgIpc) is 2.94. The summed E-state index contributed by atoms with van der Waals surface area (Å²) in [5, 5.41) is 5.39. The third-order valence-electron chi connectivity index (χ3n) is 4.12. The molecule has 1 saturated heterocycles. The maximum atomic E-state index is 12.4. The number of imide groups is 1. The molecule has 1 atom stereocenters. The van der Waals surface area contributed by atoms with Gasteiger partial charge in [0.05, 0.1) is 13.0 Å². The molecule has 0 unspecified atom stereocenters. The van der Waals surface area contributed by atoms with Crippen LogP contribution in [0.2, 0.25) is 0 Å². The van der Waals surface area contributed by atoms with Crippen LogP contribution in [-0.4, -0.2) is 41.1 Å². The largest absolute Gasteiger partial charge is 0.355 e. The molecule has 4 amide bonds. The van der Waals surface area contributed by atoms with E-state index in [1.807, 2.05) is 60.7 Å². The van der Waals surface area contributed by atoms with Gasteiger partial charge in [0.15, 0.2) is 0 Å². The highest BCUT2D eigenvalue weighted by atomic mass is 32.2. The van der Waals surface area contributed by atoms with Crippen LogP contribution in [0.1, 0.15) is 12.0 Å². The van der Waals surface area contributed by atoms with Crippen molar-refractivity contribution in [1.29, 1.82) is 0 Å². The second-order valence-electron chi connectivity index (χ2n) is 6.13. The third-order valence-corrected chi connectivity index (χ3v) is 5.13. The van der Waals surface area contributed by atoms with Crippen LogP contribution >= 0.6 is 11.8 Å². The normalized spacial score (nSPS) is 16.3. The SMILES string of the molecule is O=C(C[C@H]1NC(=O)N(Cc2ccccc2)C1=O)NCCSc1ccccc1. The highest BCUT2D eigenvalue weighted by Crippen LogP contribution is 2.16. The van der Waals surface area contributed by atoms with Gasteiger partial charge < -0.3 is 10.6 Å². The second-order valence-corrected chi connectivity index (χ2v) is 7.30. The summed E-state index contributed by atoms with van der Waals surface area (Å²) < 4.78 is 0. The number of benzene rings is 2. The quantitative estimate of drug-likeness (QED) is 0.417. The summed E-state index contributed by atoms with van der Waals surface area (Å²) >= 11 is 1.65. The van der Waals surface area contributed by atoms with Crippen molar-refractivity contribution in [3.05, 3.63) is 66.2 Å². The number of hydrogen-bond acceptors (Lipinski definition) is 4. The van der Waals surface area contributed by atoms with Gasteiger partial charge in [0, 0.05) is 17.2 Å². The van der Waals surface area contributed by atoms with E-state index in [0.29, 0.717) is 6.54 Å². The number of carbonyl (C=O) groups excluding carboxylic acids is 3. The van der Waals surface area contributed by atoms with E-state index in [2.05, 4.69) is 10.6 Å². The molecule has 1 aliphatic rings. The van der Waals surface area contributed by atoms with E-state index in [4.69, 9.17) is 0 Å². The monoisotopic (exact) mass is 383 g/mol. The molecule has 1 heterocycles. The number of nitrogens with zero attached hydrogens (tertiary/aromatic N) is 1. The first-order chi connectivity index (χ1) is 13.1. The summed E-state index contributed by atoms with van der Waals surface area (Å²) in [6.07, 6.45) is -0.0497. The van der Waals surface area contributed by atoms with E-state index in [1.165, 1.54) is 0 Å². The topological polar surface area (TPSA) is 78.5 Å². The summed E-state index contributed by atoms with van der Waals surface area (Å²) in [7, 11) is 0. The Balaban J connectivity index is 1.42.